The highest BCUT2D eigenvalue weighted by atomic mass is 35.5. The molecule has 1 aliphatic rings. The number of carbonyl (C=O) groups is 1. The Bertz CT molecular complexity index is 1260. The molecule has 0 saturated carbocycles. The normalized spacial score (nSPS) is 15.2. The van der Waals surface area contributed by atoms with E-state index in [2.05, 4.69) is 9.88 Å². The van der Waals surface area contributed by atoms with Crippen molar-refractivity contribution in [1.82, 2.24) is 9.88 Å². The average molecular weight is 514 g/mol. The van der Waals surface area contributed by atoms with E-state index < -0.39 is 9.84 Å². The predicted molar refractivity (Wildman–Crippen MR) is 128 cm³/mol. The van der Waals surface area contributed by atoms with Crippen molar-refractivity contribution in [3.8, 4) is 0 Å². The summed E-state index contributed by atoms with van der Waals surface area (Å²) in [5.74, 6) is -0.320. The number of ether oxygens (including phenoxy) is 1. The minimum absolute atomic E-state index is 0.141. The molecule has 0 radical (unpaired) electrons. The first-order chi connectivity index (χ1) is 15.2. The highest BCUT2D eigenvalue weighted by molar-refractivity contribution is 7.91. The maximum atomic E-state index is 13.5. The zero-order valence-corrected chi connectivity index (χ0v) is 20.4. The van der Waals surface area contributed by atoms with Crippen LogP contribution in [0.2, 0.25) is 10.0 Å². The first-order valence-electron chi connectivity index (χ1n) is 9.90. The van der Waals surface area contributed by atoms with Crippen LogP contribution in [0.3, 0.4) is 0 Å². The van der Waals surface area contributed by atoms with Crippen LogP contribution >= 0.6 is 34.5 Å². The Hall–Kier alpha value is -1.75. The first kappa shape index (κ1) is 23.4. The van der Waals surface area contributed by atoms with E-state index in [1.165, 1.54) is 23.5 Å². The standard InChI is InChI=1S/C21H21Cl2N3O4S2/c1-32(28,29)18-4-2-3-17-19(18)24-21(31-17)26(8-7-25-9-11-30-12-10-25)20(27)15-6-5-14(22)13-16(15)23/h2-6,13H,7-12H2,1H3. The molecule has 0 atom stereocenters. The van der Waals surface area contributed by atoms with Crippen molar-refractivity contribution < 1.29 is 17.9 Å². The summed E-state index contributed by atoms with van der Waals surface area (Å²) in [6.07, 6.45) is 1.15. The van der Waals surface area contributed by atoms with Crippen LogP contribution in [0.25, 0.3) is 10.2 Å². The van der Waals surface area contributed by atoms with Crippen molar-refractivity contribution >= 4 is 65.6 Å². The lowest BCUT2D eigenvalue weighted by Gasteiger charge is -2.29. The van der Waals surface area contributed by atoms with Crippen LogP contribution in [0.4, 0.5) is 5.13 Å². The Kier molecular flexibility index (Phi) is 7.04. The number of hydrogen-bond donors (Lipinski definition) is 0. The number of fused-ring (bicyclic) bond motifs is 1. The number of para-hydroxylation sites is 1. The zero-order chi connectivity index (χ0) is 22.9. The molecule has 3 aromatic rings. The summed E-state index contributed by atoms with van der Waals surface area (Å²) in [5, 5.41) is 1.10. The van der Waals surface area contributed by atoms with Gasteiger partial charge in [0.05, 0.1) is 33.4 Å². The van der Waals surface area contributed by atoms with E-state index in [1.807, 2.05) is 0 Å². The van der Waals surface area contributed by atoms with Gasteiger partial charge in [-0.2, -0.15) is 0 Å². The van der Waals surface area contributed by atoms with Crippen LogP contribution in [0.1, 0.15) is 10.4 Å². The van der Waals surface area contributed by atoms with E-state index in [0.29, 0.717) is 52.2 Å². The summed E-state index contributed by atoms with van der Waals surface area (Å²) < 4.78 is 30.5. The molecular formula is C21H21Cl2N3O4S2. The van der Waals surface area contributed by atoms with Crippen LogP contribution < -0.4 is 4.90 Å². The summed E-state index contributed by atoms with van der Waals surface area (Å²) in [7, 11) is -3.47. The largest absolute Gasteiger partial charge is 0.379 e. The number of amides is 1. The third-order valence-corrected chi connectivity index (χ3v) is 7.87. The molecule has 170 valence electrons. The smallest absolute Gasteiger partial charge is 0.261 e. The summed E-state index contributed by atoms with van der Waals surface area (Å²) in [6, 6.07) is 9.72. The first-order valence-corrected chi connectivity index (χ1v) is 13.4. The Morgan fingerprint density at radius 2 is 1.97 bits per heavy atom. The third kappa shape index (κ3) is 5.08. The molecule has 0 N–H and O–H groups in total. The summed E-state index contributed by atoms with van der Waals surface area (Å²) >= 11 is 13.6. The molecule has 32 heavy (non-hydrogen) atoms. The lowest BCUT2D eigenvalue weighted by molar-refractivity contribution is 0.0391. The van der Waals surface area contributed by atoms with Crippen molar-refractivity contribution in [2.45, 2.75) is 4.90 Å². The molecule has 1 saturated heterocycles. The van der Waals surface area contributed by atoms with Crippen LogP contribution in [-0.2, 0) is 14.6 Å². The number of benzene rings is 2. The lowest BCUT2D eigenvalue weighted by atomic mass is 10.2. The number of hydrogen-bond acceptors (Lipinski definition) is 7. The van der Waals surface area contributed by atoms with Gasteiger partial charge in [-0.15, -0.1) is 0 Å². The number of sulfone groups is 1. The van der Waals surface area contributed by atoms with Gasteiger partial charge in [0.2, 0.25) is 0 Å². The SMILES string of the molecule is CS(=O)(=O)c1cccc2sc(N(CCN3CCOCC3)C(=O)c3ccc(Cl)cc3Cl)nc12. The molecule has 2 heterocycles. The van der Waals surface area contributed by atoms with Crippen molar-refractivity contribution in [1.29, 1.82) is 0 Å². The molecule has 2 aromatic carbocycles. The molecule has 0 unspecified atom stereocenters. The van der Waals surface area contributed by atoms with Crippen LogP contribution in [0, 0.1) is 0 Å². The predicted octanol–water partition coefficient (Wildman–Crippen LogP) is 3.99. The quantitative estimate of drug-likeness (QED) is 0.495. The average Bonchev–Trinajstić information content (AvgIpc) is 3.17. The van der Waals surface area contributed by atoms with Crippen LogP contribution in [0.15, 0.2) is 41.3 Å². The molecule has 0 aliphatic carbocycles. The van der Waals surface area contributed by atoms with Gasteiger partial charge in [0, 0.05) is 37.5 Å². The monoisotopic (exact) mass is 513 g/mol. The fraction of sp³-hybridized carbons (Fsp3) is 0.333. The number of halogens is 2. The van der Waals surface area contributed by atoms with Crippen molar-refractivity contribution in [3.05, 3.63) is 52.0 Å². The molecule has 1 fully saturated rings. The highest BCUT2D eigenvalue weighted by Crippen LogP contribution is 2.34. The highest BCUT2D eigenvalue weighted by Gasteiger charge is 2.26. The minimum atomic E-state index is -3.47. The molecule has 1 aromatic heterocycles. The second-order valence-corrected chi connectivity index (χ2v) is 11.2. The summed E-state index contributed by atoms with van der Waals surface area (Å²) in [4.78, 5) is 22.0. The van der Waals surface area contributed by atoms with E-state index >= 15 is 0 Å². The van der Waals surface area contributed by atoms with Gasteiger partial charge in [-0.1, -0.05) is 40.6 Å². The summed E-state index contributed by atoms with van der Waals surface area (Å²) in [5.41, 5.74) is 0.669. The van der Waals surface area contributed by atoms with Gasteiger partial charge in [-0.25, -0.2) is 13.4 Å². The summed E-state index contributed by atoms with van der Waals surface area (Å²) in [6.45, 7) is 3.84. The van der Waals surface area contributed by atoms with Crippen molar-refractivity contribution in [3.63, 3.8) is 0 Å². The second-order valence-electron chi connectivity index (χ2n) is 7.41. The molecule has 7 nitrogen and oxygen atoms in total. The van der Waals surface area contributed by atoms with Gasteiger partial charge >= 0.3 is 0 Å². The topological polar surface area (TPSA) is 79.8 Å². The fourth-order valence-electron chi connectivity index (χ4n) is 3.48. The maximum absolute atomic E-state index is 13.5. The number of anilines is 1. The van der Waals surface area contributed by atoms with E-state index in [4.69, 9.17) is 27.9 Å². The molecular weight excluding hydrogens is 493 g/mol. The minimum Gasteiger partial charge on any atom is -0.379 e. The molecule has 1 aliphatic heterocycles. The number of thiazole rings is 1. The number of aromatic nitrogens is 1. The number of rotatable bonds is 6. The molecule has 0 bridgehead atoms. The second kappa shape index (κ2) is 9.62. The Morgan fingerprint density at radius 3 is 2.66 bits per heavy atom. The molecule has 0 spiro atoms. The van der Waals surface area contributed by atoms with Crippen LogP contribution in [-0.4, -0.2) is 69.9 Å². The van der Waals surface area contributed by atoms with Gasteiger partial charge < -0.3 is 4.74 Å². The number of morpholine rings is 1. The van der Waals surface area contributed by atoms with Crippen molar-refractivity contribution in [2.24, 2.45) is 0 Å². The Balaban J connectivity index is 1.73. The van der Waals surface area contributed by atoms with Crippen molar-refractivity contribution in [2.75, 3.05) is 50.5 Å². The Labute approximate surface area is 200 Å². The van der Waals surface area contributed by atoms with E-state index in [-0.39, 0.29) is 15.8 Å². The molecule has 1 amide bonds. The van der Waals surface area contributed by atoms with E-state index in [9.17, 15) is 13.2 Å². The number of carbonyl (C=O) groups excluding carboxylic acids is 1. The maximum Gasteiger partial charge on any atom is 0.261 e. The lowest BCUT2D eigenvalue weighted by Crippen LogP contribution is -2.43. The molecule has 4 rings (SSSR count). The van der Waals surface area contributed by atoms with Gasteiger partial charge in [0.25, 0.3) is 5.91 Å². The van der Waals surface area contributed by atoms with Crippen LogP contribution in [0.5, 0.6) is 0 Å². The van der Waals surface area contributed by atoms with Gasteiger partial charge in [-0.3, -0.25) is 14.6 Å². The van der Waals surface area contributed by atoms with Gasteiger partial charge in [-0.05, 0) is 30.3 Å². The Morgan fingerprint density at radius 1 is 1.22 bits per heavy atom. The number of nitrogens with zero attached hydrogens (tertiary/aromatic N) is 3. The zero-order valence-electron chi connectivity index (χ0n) is 17.3. The fourth-order valence-corrected chi connectivity index (χ4v) is 5.89. The van der Waals surface area contributed by atoms with Gasteiger partial charge in [0.15, 0.2) is 15.0 Å². The van der Waals surface area contributed by atoms with E-state index in [0.717, 1.165) is 19.3 Å². The van der Waals surface area contributed by atoms with Gasteiger partial charge in [0.1, 0.15) is 5.52 Å². The third-order valence-electron chi connectivity index (χ3n) is 5.15. The van der Waals surface area contributed by atoms with E-state index in [1.54, 1.807) is 29.2 Å². The molecule has 11 heteroatoms.